The fourth-order valence-corrected chi connectivity index (χ4v) is 2.54. The number of hydrogen-bond acceptors (Lipinski definition) is 2. The van der Waals surface area contributed by atoms with Crippen LogP contribution in [0.5, 0.6) is 0 Å². The lowest BCUT2D eigenvalue weighted by Gasteiger charge is -2.41. The van der Waals surface area contributed by atoms with Crippen molar-refractivity contribution < 1.29 is 0 Å². The maximum absolute atomic E-state index is 3.70. The van der Waals surface area contributed by atoms with Gasteiger partial charge in [-0.3, -0.25) is 4.90 Å². The van der Waals surface area contributed by atoms with E-state index in [-0.39, 0.29) is 0 Å². The van der Waals surface area contributed by atoms with Crippen molar-refractivity contribution in [2.24, 2.45) is 0 Å². The van der Waals surface area contributed by atoms with Gasteiger partial charge in [-0.2, -0.15) is 0 Å². The largest absolute Gasteiger partial charge is 0.310 e. The molecule has 0 aromatic carbocycles. The lowest BCUT2D eigenvalue weighted by Crippen LogP contribution is -2.55. The van der Waals surface area contributed by atoms with E-state index in [0.29, 0.717) is 5.54 Å². The lowest BCUT2D eigenvalue weighted by atomic mass is 9.90. The molecular formula is C13H28N2. The van der Waals surface area contributed by atoms with E-state index in [1.54, 1.807) is 0 Å². The number of hydrogen-bond donors (Lipinski definition) is 1. The second-order valence-corrected chi connectivity index (χ2v) is 5.26. The molecule has 1 N–H and O–H groups in total. The highest BCUT2D eigenvalue weighted by Gasteiger charge is 2.29. The third-order valence-corrected chi connectivity index (χ3v) is 3.88. The highest BCUT2D eigenvalue weighted by Crippen LogP contribution is 2.21. The van der Waals surface area contributed by atoms with E-state index in [4.69, 9.17) is 0 Å². The van der Waals surface area contributed by atoms with Crippen LogP contribution in [0.25, 0.3) is 0 Å². The quantitative estimate of drug-likeness (QED) is 0.753. The van der Waals surface area contributed by atoms with E-state index in [0.717, 1.165) is 6.04 Å². The molecule has 1 aliphatic rings. The van der Waals surface area contributed by atoms with Crippen LogP contribution in [0.4, 0.5) is 0 Å². The molecule has 1 fully saturated rings. The van der Waals surface area contributed by atoms with Crippen LogP contribution in [0, 0.1) is 0 Å². The fourth-order valence-electron chi connectivity index (χ4n) is 2.54. The molecule has 0 saturated carbocycles. The summed E-state index contributed by atoms with van der Waals surface area (Å²) in [6.07, 6.45) is 5.33. The molecule has 0 aromatic heterocycles. The highest BCUT2D eigenvalue weighted by atomic mass is 15.2. The van der Waals surface area contributed by atoms with Crippen LogP contribution in [0.1, 0.15) is 53.4 Å². The lowest BCUT2D eigenvalue weighted by molar-refractivity contribution is 0.133. The minimum absolute atomic E-state index is 0.359. The van der Waals surface area contributed by atoms with Crippen molar-refractivity contribution in [3.8, 4) is 0 Å². The first-order valence-electron chi connectivity index (χ1n) is 6.60. The Morgan fingerprint density at radius 1 is 1.33 bits per heavy atom. The maximum atomic E-state index is 3.70. The van der Waals surface area contributed by atoms with Crippen LogP contribution in [0.15, 0.2) is 0 Å². The van der Waals surface area contributed by atoms with Gasteiger partial charge in [0.1, 0.15) is 0 Å². The highest BCUT2D eigenvalue weighted by molar-refractivity contribution is 4.90. The Hall–Kier alpha value is -0.0800. The summed E-state index contributed by atoms with van der Waals surface area (Å²) in [5, 5.41) is 3.70. The average Bonchev–Trinajstić information content (AvgIpc) is 2.26. The Bertz CT molecular complexity index is 173. The van der Waals surface area contributed by atoms with Crippen LogP contribution in [0.2, 0.25) is 0 Å². The summed E-state index contributed by atoms with van der Waals surface area (Å²) in [5.74, 6) is 0. The molecule has 2 atom stereocenters. The number of likely N-dealkylation sites (N-methyl/N-ethyl adjacent to an activating group) is 1. The Morgan fingerprint density at radius 2 is 2.07 bits per heavy atom. The summed E-state index contributed by atoms with van der Waals surface area (Å²) in [5.41, 5.74) is 0.359. The van der Waals surface area contributed by atoms with E-state index >= 15 is 0 Å². The number of nitrogens with one attached hydrogen (secondary N) is 1. The Kier molecular flexibility index (Phi) is 5.07. The van der Waals surface area contributed by atoms with Crippen molar-refractivity contribution in [3.63, 3.8) is 0 Å². The van der Waals surface area contributed by atoms with Gasteiger partial charge in [0.05, 0.1) is 0 Å². The van der Waals surface area contributed by atoms with Gasteiger partial charge in [0.15, 0.2) is 0 Å². The maximum Gasteiger partial charge on any atom is 0.0280 e. The minimum Gasteiger partial charge on any atom is -0.310 e. The molecule has 0 spiro atoms. The van der Waals surface area contributed by atoms with Gasteiger partial charge in [-0.25, -0.2) is 0 Å². The Morgan fingerprint density at radius 3 is 2.53 bits per heavy atom. The molecule has 0 bridgehead atoms. The summed E-state index contributed by atoms with van der Waals surface area (Å²) in [4.78, 5) is 2.61. The van der Waals surface area contributed by atoms with Crippen molar-refractivity contribution in [2.75, 3.05) is 19.6 Å². The SMILES string of the molecule is CCC(C)N(CC)CC1(C)CCCCN1. The smallest absolute Gasteiger partial charge is 0.0280 e. The molecule has 0 aromatic rings. The first kappa shape index (κ1) is 13.0. The van der Waals surface area contributed by atoms with Gasteiger partial charge in [-0.05, 0) is 46.2 Å². The molecule has 1 aliphatic heterocycles. The first-order valence-corrected chi connectivity index (χ1v) is 6.60. The molecular weight excluding hydrogens is 184 g/mol. The third kappa shape index (κ3) is 3.76. The molecule has 2 unspecified atom stereocenters. The van der Waals surface area contributed by atoms with E-state index in [9.17, 15) is 0 Å². The van der Waals surface area contributed by atoms with Crippen LogP contribution >= 0.6 is 0 Å². The van der Waals surface area contributed by atoms with E-state index in [1.807, 2.05) is 0 Å². The summed E-state index contributed by atoms with van der Waals surface area (Å²) in [6, 6.07) is 0.718. The second kappa shape index (κ2) is 5.86. The van der Waals surface area contributed by atoms with Gasteiger partial charge < -0.3 is 5.32 Å². The van der Waals surface area contributed by atoms with Gasteiger partial charge in [0.2, 0.25) is 0 Å². The zero-order valence-corrected chi connectivity index (χ0v) is 11.0. The Labute approximate surface area is 95.4 Å². The normalized spacial score (nSPS) is 29.4. The molecule has 1 saturated heterocycles. The molecule has 2 nitrogen and oxygen atoms in total. The van der Waals surface area contributed by atoms with Crippen LogP contribution < -0.4 is 5.32 Å². The molecule has 0 radical (unpaired) electrons. The molecule has 90 valence electrons. The van der Waals surface area contributed by atoms with Gasteiger partial charge in [0, 0.05) is 18.1 Å². The van der Waals surface area contributed by atoms with E-state index in [2.05, 4.69) is 37.9 Å². The van der Waals surface area contributed by atoms with Gasteiger partial charge >= 0.3 is 0 Å². The van der Waals surface area contributed by atoms with E-state index in [1.165, 1.54) is 45.3 Å². The number of rotatable bonds is 5. The summed E-state index contributed by atoms with van der Waals surface area (Å²) in [6.45, 7) is 12.9. The van der Waals surface area contributed by atoms with Gasteiger partial charge in [-0.15, -0.1) is 0 Å². The van der Waals surface area contributed by atoms with Gasteiger partial charge in [0.25, 0.3) is 0 Å². The number of nitrogens with zero attached hydrogens (tertiary/aromatic N) is 1. The standard InChI is InChI=1S/C13H28N2/c1-5-12(3)15(6-2)11-13(4)9-7-8-10-14-13/h12,14H,5-11H2,1-4H3. The molecule has 15 heavy (non-hydrogen) atoms. The predicted molar refractivity (Wildman–Crippen MR) is 67.3 cm³/mol. The Balaban J connectivity index is 2.48. The van der Waals surface area contributed by atoms with E-state index < -0.39 is 0 Å². The second-order valence-electron chi connectivity index (χ2n) is 5.26. The summed E-state index contributed by atoms with van der Waals surface area (Å²) >= 11 is 0. The third-order valence-electron chi connectivity index (χ3n) is 3.88. The van der Waals surface area contributed by atoms with Crippen LogP contribution in [-0.2, 0) is 0 Å². The van der Waals surface area contributed by atoms with Crippen molar-refractivity contribution in [2.45, 2.75) is 65.0 Å². The minimum atomic E-state index is 0.359. The fraction of sp³-hybridized carbons (Fsp3) is 1.00. The molecule has 0 aliphatic carbocycles. The van der Waals surface area contributed by atoms with Crippen LogP contribution in [-0.4, -0.2) is 36.1 Å². The zero-order chi connectivity index (χ0) is 11.3. The van der Waals surface area contributed by atoms with Crippen molar-refractivity contribution in [1.29, 1.82) is 0 Å². The van der Waals surface area contributed by atoms with Crippen molar-refractivity contribution in [1.82, 2.24) is 10.2 Å². The molecule has 1 heterocycles. The van der Waals surface area contributed by atoms with Crippen molar-refractivity contribution in [3.05, 3.63) is 0 Å². The monoisotopic (exact) mass is 212 g/mol. The topological polar surface area (TPSA) is 15.3 Å². The summed E-state index contributed by atoms with van der Waals surface area (Å²) in [7, 11) is 0. The average molecular weight is 212 g/mol. The van der Waals surface area contributed by atoms with Crippen LogP contribution in [0.3, 0.4) is 0 Å². The molecule has 0 amide bonds. The summed E-state index contributed by atoms with van der Waals surface area (Å²) < 4.78 is 0. The van der Waals surface area contributed by atoms with Gasteiger partial charge in [-0.1, -0.05) is 20.3 Å². The first-order chi connectivity index (χ1) is 7.11. The molecule has 1 rings (SSSR count). The number of piperidine rings is 1. The van der Waals surface area contributed by atoms with Crippen molar-refractivity contribution >= 4 is 0 Å². The zero-order valence-electron chi connectivity index (χ0n) is 11.0. The predicted octanol–water partition coefficient (Wildman–Crippen LogP) is 2.64. The molecule has 2 heteroatoms.